The monoisotopic (exact) mass is 399 g/mol. The fourth-order valence-electron chi connectivity index (χ4n) is 4.01. The highest BCUT2D eigenvalue weighted by molar-refractivity contribution is 5.94. The van der Waals surface area contributed by atoms with E-state index in [4.69, 9.17) is 9.51 Å². The highest BCUT2D eigenvalue weighted by Crippen LogP contribution is 2.29. The Hall–Kier alpha value is -3.61. The number of likely N-dealkylation sites (tertiary alicyclic amines) is 1. The number of aryl methyl sites for hydroxylation is 1. The van der Waals surface area contributed by atoms with Crippen molar-refractivity contribution >= 4 is 16.9 Å². The largest absolute Gasteiger partial charge is 0.361 e. The number of nitrogens with zero attached hydrogens (tertiary/aromatic N) is 5. The number of aromatic nitrogens is 4. The molecule has 1 fully saturated rings. The number of carbonyl (C=O) groups is 1. The third-order valence-corrected chi connectivity index (χ3v) is 5.76. The maximum absolute atomic E-state index is 12.6. The van der Waals surface area contributed by atoms with Gasteiger partial charge < -0.3 is 9.42 Å². The fourth-order valence-corrected chi connectivity index (χ4v) is 4.01. The van der Waals surface area contributed by atoms with Crippen molar-refractivity contribution in [1.82, 2.24) is 25.0 Å². The zero-order valence-corrected chi connectivity index (χ0v) is 16.7. The zero-order chi connectivity index (χ0) is 20.5. The predicted molar refractivity (Wildman–Crippen MR) is 112 cm³/mol. The van der Waals surface area contributed by atoms with Gasteiger partial charge in [0.25, 0.3) is 5.91 Å². The third kappa shape index (κ3) is 3.43. The van der Waals surface area contributed by atoms with Gasteiger partial charge in [-0.2, -0.15) is 0 Å². The van der Waals surface area contributed by atoms with Crippen molar-refractivity contribution in [1.29, 1.82) is 0 Å². The number of carbonyl (C=O) groups excluding carboxylic acids is 1. The highest BCUT2D eigenvalue weighted by Gasteiger charge is 2.27. The summed E-state index contributed by atoms with van der Waals surface area (Å²) in [5.41, 5.74) is 4.48. The Bertz CT molecular complexity index is 1200. The van der Waals surface area contributed by atoms with Crippen LogP contribution in [0.1, 0.15) is 40.6 Å². The van der Waals surface area contributed by atoms with Gasteiger partial charge in [0.2, 0.25) is 0 Å². The van der Waals surface area contributed by atoms with E-state index in [9.17, 15) is 4.79 Å². The first kappa shape index (κ1) is 18.4. The Morgan fingerprint density at radius 1 is 1.07 bits per heavy atom. The van der Waals surface area contributed by atoms with E-state index in [1.54, 1.807) is 19.3 Å². The van der Waals surface area contributed by atoms with Crippen molar-refractivity contribution in [2.24, 2.45) is 0 Å². The Labute approximate surface area is 173 Å². The van der Waals surface area contributed by atoms with Crippen molar-refractivity contribution in [3.63, 3.8) is 0 Å². The van der Waals surface area contributed by atoms with E-state index in [-0.39, 0.29) is 5.91 Å². The lowest BCUT2D eigenvalue weighted by molar-refractivity contribution is 0.0710. The second kappa shape index (κ2) is 7.67. The summed E-state index contributed by atoms with van der Waals surface area (Å²) < 4.78 is 5.03. The second-order valence-corrected chi connectivity index (χ2v) is 7.60. The van der Waals surface area contributed by atoms with E-state index in [0.717, 1.165) is 40.7 Å². The minimum Gasteiger partial charge on any atom is -0.361 e. The molecular weight excluding hydrogens is 378 g/mol. The summed E-state index contributed by atoms with van der Waals surface area (Å²) in [6.07, 6.45) is 8.68. The van der Waals surface area contributed by atoms with Crippen molar-refractivity contribution in [3.8, 4) is 11.1 Å². The van der Waals surface area contributed by atoms with Crippen LogP contribution in [0.15, 0.2) is 59.6 Å². The van der Waals surface area contributed by atoms with E-state index in [2.05, 4.69) is 33.3 Å². The molecule has 4 aromatic rings. The van der Waals surface area contributed by atoms with Gasteiger partial charge in [-0.1, -0.05) is 5.16 Å². The van der Waals surface area contributed by atoms with Gasteiger partial charge in [-0.25, -0.2) is 9.97 Å². The van der Waals surface area contributed by atoms with Gasteiger partial charge in [-0.3, -0.25) is 9.78 Å². The number of hydrogen-bond acceptors (Lipinski definition) is 6. The molecule has 0 saturated carbocycles. The quantitative estimate of drug-likeness (QED) is 0.517. The average Bonchev–Trinajstić information content (AvgIpc) is 3.24. The van der Waals surface area contributed by atoms with Crippen LogP contribution < -0.4 is 0 Å². The van der Waals surface area contributed by atoms with Gasteiger partial charge in [0.15, 0.2) is 5.65 Å². The van der Waals surface area contributed by atoms with Crippen molar-refractivity contribution in [2.75, 3.05) is 13.1 Å². The number of pyridine rings is 3. The molecule has 1 aliphatic heterocycles. The molecule has 0 spiro atoms. The molecule has 7 heteroatoms. The number of fused-ring (bicyclic) bond motifs is 1. The minimum atomic E-state index is -0.0102. The second-order valence-electron chi connectivity index (χ2n) is 7.60. The zero-order valence-electron chi connectivity index (χ0n) is 16.7. The summed E-state index contributed by atoms with van der Waals surface area (Å²) in [6, 6.07) is 10.2. The number of amides is 1. The molecule has 0 radical (unpaired) electrons. The van der Waals surface area contributed by atoms with Crippen LogP contribution in [0.25, 0.3) is 22.2 Å². The van der Waals surface area contributed by atoms with Gasteiger partial charge in [0.05, 0.1) is 6.20 Å². The molecule has 0 N–H and O–H groups in total. The maximum Gasteiger partial charge on any atom is 0.259 e. The standard InChI is InChI=1S/C23H21N5O2/c1-15-20(14-26-30-15)23(29)28-10-6-17(7-11-28)21-3-2-18-12-19(13-25-22(18)27-21)16-4-8-24-9-5-16/h2-5,8-9,12-14,17H,6-7,10-11H2,1H3. The van der Waals surface area contributed by atoms with Crippen LogP contribution in [0.3, 0.4) is 0 Å². The molecule has 1 aliphatic rings. The van der Waals surface area contributed by atoms with E-state index in [0.29, 0.717) is 30.3 Å². The molecule has 5 heterocycles. The Morgan fingerprint density at radius 2 is 1.87 bits per heavy atom. The van der Waals surface area contributed by atoms with Crippen LogP contribution in [0.5, 0.6) is 0 Å². The first-order valence-corrected chi connectivity index (χ1v) is 10.1. The number of rotatable bonds is 3. The Kier molecular flexibility index (Phi) is 4.71. The van der Waals surface area contributed by atoms with Crippen LogP contribution in [-0.2, 0) is 0 Å². The van der Waals surface area contributed by atoms with Gasteiger partial charge in [-0.15, -0.1) is 0 Å². The lowest BCUT2D eigenvalue weighted by atomic mass is 9.92. The van der Waals surface area contributed by atoms with Crippen molar-refractivity contribution in [3.05, 3.63) is 72.1 Å². The molecule has 0 aliphatic carbocycles. The number of piperidine rings is 1. The van der Waals surface area contributed by atoms with E-state index in [1.165, 1.54) is 6.20 Å². The van der Waals surface area contributed by atoms with Gasteiger partial charge in [-0.05, 0) is 55.7 Å². The first-order valence-electron chi connectivity index (χ1n) is 10.1. The third-order valence-electron chi connectivity index (χ3n) is 5.76. The van der Waals surface area contributed by atoms with Gasteiger partial charge in [0.1, 0.15) is 11.3 Å². The highest BCUT2D eigenvalue weighted by atomic mass is 16.5. The van der Waals surface area contributed by atoms with Crippen molar-refractivity contribution < 1.29 is 9.32 Å². The molecule has 0 bridgehead atoms. The van der Waals surface area contributed by atoms with E-state index < -0.39 is 0 Å². The first-order chi connectivity index (χ1) is 14.7. The Balaban J connectivity index is 1.31. The molecule has 0 aromatic carbocycles. The van der Waals surface area contributed by atoms with Gasteiger partial charge in [0, 0.05) is 54.2 Å². The lowest BCUT2D eigenvalue weighted by Crippen LogP contribution is -2.38. The topological polar surface area (TPSA) is 85.0 Å². The van der Waals surface area contributed by atoms with Crippen LogP contribution in [0.4, 0.5) is 0 Å². The lowest BCUT2D eigenvalue weighted by Gasteiger charge is -2.31. The molecule has 0 atom stereocenters. The summed E-state index contributed by atoms with van der Waals surface area (Å²) >= 11 is 0. The molecule has 30 heavy (non-hydrogen) atoms. The molecular formula is C23H21N5O2. The average molecular weight is 399 g/mol. The molecule has 0 unspecified atom stereocenters. The van der Waals surface area contributed by atoms with Crippen LogP contribution in [0.2, 0.25) is 0 Å². The SMILES string of the molecule is Cc1oncc1C(=O)N1CCC(c2ccc3cc(-c4ccncc4)cnc3n2)CC1. The molecule has 7 nitrogen and oxygen atoms in total. The molecule has 5 rings (SSSR count). The summed E-state index contributed by atoms with van der Waals surface area (Å²) in [5.74, 6) is 0.878. The van der Waals surface area contributed by atoms with Crippen molar-refractivity contribution in [2.45, 2.75) is 25.7 Å². The van der Waals surface area contributed by atoms with Crippen LogP contribution >= 0.6 is 0 Å². The number of hydrogen-bond donors (Lipinski definition) is 0. The van der Waals surface area contributed by atoms with E-state index >= 15 is 0 Å². The summed E-state index contributed by atoms with van der Waals surface area (Å²) in [6.45, 7) is 3.16. The molecule has 150 valence electrons. The molecule has 4 aromatic heterocycles. The predicted octanol–water partition coefficient (Wildman–Crippen LogP) is 4.01. The summed E-state index contributed by atoms with van der Waals surface area (Å²) in [7, 11) is 0. The summed E-state index contributed by atoms with van der Waals surface area (Å²) in [4.78, 5) is 28.0. The summed E-state index contributed by atoms with van der Waals surface area (Å²) in [5, 5.41) is 4.73. The minimum absolute atomic E-state index is 0.0102. The molecule has 1 amide bonds. The smallest absolute Gasteiger partial charge is 0.259 e. The van der Waals surface area contributed by atoms with Crippen LogP contribution in [-0.4, -0.2) is 44.0 Å². The molecule has 1 saturated heterocycles. The fraction of sp³-hybridized carbons (Fsp3) is 0.261. The maximum atomic E-state index is 12.6. The Morgan fingerprint density at radius 3 is 2.60 bits per heavy atom. The normalized spacial score (nSPS) is 14.9. The van der Waals surface area contributed by atoms with Gasteiger partial charge >= 0.3 is 0 Å². The van der Waals surface area contributed by atoms with Crippen LogP contribution in [0, 0.1) is 6.92 Å². The van der Waals surface area contributed by atoms with E-state index in [1.807, 2.05) is 23.2 Å².